The maximum atomic E-state index is 11.4. The zero-order chi connectivity index (χ0) is 12.2. The lowest BCUT2D eigenvalue weighted by molar-refractivity contribution is -0.0435. The molecule has 4 atom stereocenters. The molecule has 1 saturated heterocycles. The van der Waals surface area contributed by atoms with Crippen molar-refractivity contribution in [3.8, 4) is 6.01 Å². The van der Waals surface area contributed by atoms with Crippen molar-refractivity contribution in [1.82, 2.24) is 9.55 Å². The van der Waals surface area contributed by atoms with Crippen LogP contribution in [0, 0.1) is 6.92 Å². The van der Waals surface area contributed by atoms with Crippen LogP contribution in [0.4, 0.5) is 0 Å². The van der Waals surface area contributed by atoms with Gasteiger partial charge in [0.1, 0.15) is 12.2 Å². The van der Waals surface area contributed by atoms with E-state index in [1.165, 1.54) is 0 Å². The van der Waals surface area contributed by atoms with Gasteiger partial charge in [0.15, 0.2) is 12.3 Å². The van der Waals surface area contributed by atoms with E-state index in [0.717, 1.165) is 0 Å². The highest BCUT2D eigenvalue weighted by Crippen LogP contribution is 2.38. The topological polar surface area (TPSA) is 93.8 Å². The Hall–Kier alpha value is -1.44. The van der Waals surface area contributed by atoms with Crippen molar-refractivity contribution in [2.45, 2.75) is 31.5 Å². The van der Waals surface area contributed by atoms with Gasteiger partial charge in [-0.2, -0.15) is 4.98 Å². The van der Waals surface area contributed by atoms with Gasteiger partial charge >= 0.3 is 6.01 Å². The SMILES string of the molecule is Cc1cn2c(nc1=O)O[C@H]1C(O)C(CO)O[C@H]12. The fourth-order valence-corrected chi connectivity index (χ4v) is 2.16. The predicted molar refractivity (Wildman–Crippen MR) is 54.7 cm³/mol. The summed E-state index contributed by atoms with van der Waals surface area (Å²) in [5, 5.41) is 18.9. The van der Waals surface area contributed by atoms with E-state index in [-0.39, 0.29) is 18.2 Å². The van der Waals surface area contributed by atoms with Crippen LogP contribution in [-0.2, 0) is 4.74 Å². The standard InChI is InChI=1S/C10H12N2O5/c1-4-2-12-9-7(6(14)5(3-13)16-9)17-10(12)11-8(4)15/h2,5-7,9,13-14H,3H2,1H3/t5?,6?,7-,9+/m0/s1. The van der Waals surface area contributed by atoms with E-state index in [1.807, 2.05) is 0 Å². The van der Waals surface area contributed by atoms with Crippen LogP contribution in [0.15, 0.2) is 11.0 Å². The summed E-state index contributed by atoms with van der Waals surface area (Å²) in [5.74, 6) is 0. The lowest BCUT2D eigenvalue weighted by Gasteiger charge is -2.14. The monoisotopic (exact) mass is 240 g/mol. The summed E-state index contributed by atoms with van der Waals surface area (Å²) in [4.78, 5) is 15.1. The van der Waals surface area contributed by atoms with Gasteiger partial charge in [-0.15, -0.1) is 0 Å². The van der Waals surface area contributed by atoms with Crippen molar-refractivity contribution < 1.29 is 19.7 Å². The first-order chi connectivity index (χ1) is 8.11. The van der Waals surface area contributed by atoms with Crippen molar-refractivity contribution in [2.24, 2.45) is 0 Å². The number of hydrogen-bond donors (Lipinski definition) is 2. The van der Waals surface area contributed by atoms with Gasteiger partial charge in [0.2, 0.25) is 0 Å². The second kappa shape index (κ2) is 3.52. The number of hydrogen-bond acceptors (Lipinski definition) is 6. The molecule has 1 aromatic rings. The summed E-state index contributed by atoms with van der Waals surface area (Å²) in [6.07, 6.45) is -1.17. The van der Waals surface area contributed by atoms with Gasteiger partial charge in [0.25, 0.3) is 5.56 Å². The largest absolute Gasteiger partial charge is 0.453 e. The Bertz CT molecular complexity index is 514. The minimum Gasteiger partial charge on any atom is -0.453 e. The summed E-state index contributed by atoms with van der Waals surface area (Å²) >= 11 is 0. The summed E-state index contributed by atoms with van der Waals surface area (Å²) in [6, 6.07) is 0.144. The number of nitrogens with zero attached hydrogens (tertiary/aromatic N) is 2. The molecule has 3 heterocycles. The van der Waals surface area contributed by atoms with Crippen LogP contribution in [0.25, 0.3) is 0 Å². The van der Waals surface area contributed by atoms with Gasteiger partial charge in [-0.3, -0.25) is 9.36 Å². The van der Waals surface area contributed by atoms with Crippen LogP contribution < -0.4 is 10.3 Å². The van der Waals surface area contributed by atoms with E-state index < -0.39 is 24.5 Å². The molecule has 2 N–H and O–H groups in total. The van der Waals surface area contributed by atoms with Crippen LogP contribution in [-0.4, -0.2) is 44.7 Å². The molecule has 17 heavy (non-hydrogen) atoms. The predicted octanol–water partition coefficient (Wildman–Crippen LogP) is -1.44. The molecule has 2 aliphatic heterocycles. The van der Waals surface area contributed by atoms with E-state index >= 15 is 0 Å². The summed E-state index contributed by atoms with van der Waals surface area (Å²) in [7, 11) is 0. The number of aromatic nitrogens is 2. The van der Waals surface area contributed by atoms with Crippen LogP contribution >= 0.6 is 0 Å². The average Bonchev–Trinajstić information content (AvgIpc) is 2.78. The fourth-order valence-electron chi connectivity index (χ4n) is 2.16. The second-order valence-electron chi connectivity index (χ2n) is 4.24. The molecule has 0 saturated carbocycles. The average molecular weight is 240 g/mol. The first-order valence-electron chi connectivity index (χ1n) is 5.32. The van der Waals surface area contributed by atoms with E-state index in [4.69, 9.17) is 14.6 Å². The molecule has 2 aliphatic rings. The van der Waals surface area contributed by atoms with E-state index in [1.54, 1.807) is 17.7 Å². The molecule has 7 heteroatoms. The molecule has 0 bridgehead atoms. The minimum atomic E-state index is -0.929. The van der Waals surface area contributed by atoms with Crippen molar-refractivity contribution >= 4 is 0 Å². The Kier molecular flexibility index (Phi) is 2.22. The van der Waals surface area contributed by atoms with Gasteiger partial charge in [-0.25, -0.2) is 0 Å². The maximum Gasteiger partial charge on any atom is 0.302 e. The zero-order valence-corrected chi connectivity index (χ0v) is 9.11. The quantitative estimate of drug-likeness (QED) is 0.624. The summed E-state index contributed by atoms with van der Waals surface area (Å²) in [5.41, 5.74) is 0.118. The van der Waals surface area contributed by atoms with Gasteiger partial charge < -0.3 is 19.7 Å². The summed E-state index contributed by atoms with van der Waals surface area (Å²) < 4.78 is 12.4. The second-order valence-corrected chi connectivity index (χ2v) is 4.24. The number of rotatable bonds is 1. The highest BCUT2D eigenvalue weighted by atomic mass is 16.6. The number of aliphatic hydroxyl groups is 2. The van der Waals surface area contributed by atoms with E-state index in [0.29, 0.717) is 5.56 Å². The Morgan fingerprint density at radius 2 is 2.35 bits per heavy atom. The van der Waals surface area contributed by atoms with Crippen LogP contribution in [0.5, 0.6) is 6.01 Å². The van der Waals surface area contributed by atoms with Gasteiger partial charge in [0.05, 0.1) is 6.61 Å². The van der Waals surface area contributed by atoms with Crippen LogP contribution in [0.3, 0.4) is 0 Å². The minimum absolute atomic E-state index is 0.144. The fraction of sp³-hybridized carbons (Fsp3) is 0.600. The van der Waals surface area contributed by atoms with Gasteiger partial charge in [-0.05, 0) is 6.92 Å². The highest BCUT2D eigenvalue weighted by molar-refractivity contribution is 5.15. The first-order valence-corrected chi connectivity index (χ1v) is 5.32. The zero-order valence-electron chi connectivity index (χ0n) is 9.11. The van der Waals surface area contributed by atoms with E-state index in [9.17, 15) is 9.90 Å². The molecule has 2 unspecified atom stereocenters. The molecule has 1 fully saturated rings. The van der Waals surface area contributed by atoms with Gasteiger partial charge in [-0.1, -0.05) is 0 Å². The van der Waals surface area contributed by atoms with E-state index in [2.05, 4.69) is 4.98 Å². The molecule has 92 valence electrons. The molecule has 0 aliphatic carbocycles. The van der Waals surface area contributed by atoms with Crippen LogP contribution in [0.2, 0.25) is 0 Å². The Labute approximate surface area is 96.2 Å². The third-order valence-electron chi connectivity index (χ3n) is 3.10. The van der Waals surface area contributed by atoms with Crippen molar-refractivity contribution in [1.29, 1.82) is 0 Å². The molecule has 0 amide bonds. The molecule has 7 nitrogen and oxygen atoms in total. The Balaban J connectivity index is 2.02. The lowest BCUT2D eigenvalue weighted by atomic mass is 10.1. The number of aryl methyl sites for hydroxylation is 1. The Morgan fingerprint density at radius 1 is 1.59 bits per heavy atom. The maximum absolute atomic E-state index is 11.4. The van der Waals surface area contributed by atoms with Crippen LogP contribution in [0.1, 0.15) is 11.8 Å². The summed E-state index contributed by atoms with van der Waals surface area (Å²) in [6.45, 7) is 1.37. The van der Waals surface area contributed by atoms with Crippen molar-refractivity contribution in [3.63, 3.8) is 0 Å². The molecule has 0 radical (unpaired) electrons. The first kappa shape index (κ1) is 10.7. The third-order valence-corrected chi connectivity index (χ3v) is 3.10. The smallest absolute Gasteiger partial charge is 0.302 e. The number of aliphatic hydroxyl groups excluding tert-OH is 2. The highest BCUT2D eigenvalue weighted by Gasteiger charge is 2.50. The Morgan fingerprint density at radius 3 is 3.06 bits per heavy atom. The molecule has 1 aromatic heterocycles. The van der Waals surface area contributed by atoms with Crippen molar-refractivity contribution in [3.05, 3.63) is 22.1 Å². The molecule has 0 spiro atoms. The van der Waals surface area contributed by atoms with Crippen molar-refractivity contribution in [2.75, 3.05) is 6.61 Å². The number of fused-ring (bicyclic) bond motifs is 3. The normalized spacial score (nSPS) is 34.3. The molecule has 3 rings (SSSR count). The molecular weight excluding hydrogens is 228 g/mol. The third kappa shape index (κ3) is 1.40. The number of ether oxygens (including phenoxy) is 2. The lowest BCUT2D eigenvalue weighted by Crippen LogP contribution is -2.34. The molecule has 0 aromatic carbocycles. The molecular formula is C10H12N2O5. The van der Waals surface area contributed by atoms with Gasteiger partial charge in [0, 0.05) is 11.8 Å².